The minimum absolute atomic E-state index is 0. The monoisotopic (exact) mass is 427 g/mol. The Morgan fingerprint density at radius 1 is 1.36 bits per heavy atom. The Morgan fingerprint density at radius 3 is 2.64 bits per heavy atom. The first-order valence-corrected chi connectivity index (χ1v) is 8.99. The summed E-state index contributed by atoms with van der Waals surface area (Å²) >= 11 is 3.45. The molecule has 0 radical (unpaired) electrons. The number of benzene rings is 1. The number of nitrogens with two attached hydrogens (primary N) is 1. The molecule has 1 atom stereocenters. The first-order chi connectivity index (χ1) is 11.5. The molecule has 1 unspecified atom stereocenters. The lowest BCUT2D eigenvalue weighted by Gasteiger charge is -2.33. The second-order valence-electron chi connectivity index (χ2n) is 6.40. The summed E-state index contributed by atoms with van der Waals surface area (Å²) in [4.78, 5) is 14.6. The first-order valence-electron chi connectivity index (χ1n) is 8.20. The van der Waals surface area contributed by atoms with Crippen LogP contribution < -0.4 is 5.73 Å². The summed E-state index contributed by atoms with van der Waals surface area (Å²) in [5, 5.41) is 8.30. The van der Waals surface area contributed by atoms with E-state index >= 15 is 0 Å². The van der Waals surface area contributed by atoms with E-state index < -0.39 is 0 Å². The molecule has 3 rings (SSSR count). The zero-order valence-electron chi connectivity index (χ0n) is 14.4. The van der Waals surface area contributed by atoms with E-state index in [1.54, 1.807) is 4.68 Å². The second-order valence-corrected chi connectivity index (χ2v) is 7.32. The van der Waals surface area contributed by atoms with Crippen molar-refractivity contribution in [1.82, 2.24) is 19.9 Å². The molecule has 1 amide bonds. The minimum Gasteiger partial charge on any atom is -0.337 e. The van der Waals surface area contributed by atoms with Crippen molar-refractivity contribution in [3.05, 3.63) is 40.1 Å². The van der Waals surface area contributed by atoms with E-state index in [0.29, 0.717) is 11.6 Å². The lowest BCUT2D eigenvalue weighted by Crippen LogP contribution is -2.42. The van der Waals surface area contributed by atoms with Gasteiger partial charge in [-0.2, -0.15) is 0 Å². The maximum atomic E-state index is 12.8. The van der Waals surface area contributed by atoms with Crippen LogP contribution in [-0.4, -0.2) is 44.9 Å². The third kappa shape index (κ3) is 4.22. The third-order valence-electron chi connectivity index (χ3n) is 4.72. The topological polar surface area (TPSA) is 77.0 Å². The van der Waals surface area contributed by atoms with Gasteiger partial charge in [-0.25, -0.2) is 4.68 Å². The maximum Gasteiger partial charge on any atom is 0.276 e. The number of nitrogens with zero attached hydrogens (tertiary/aromatic N) is 4. The zero-order valence-corrected chi connectivity index (χ0v) is 16.8. The quantitative estimate of drug-likeness (QED) is 0.815. The molecule has 2 aromatic rings. The number of aromatic nitrogens is 3. The molecule has 136 valence electrons. The smallest absolute Gasteiger partial charge is 0.276 e. The highest BCUT2D eigenvalue weighted by Gasteiger charge is 2.28. The van der Waals surface area contributed by atoms with E-state index in [9.17, 15) is 4.79 Å². The van der Waals surface area contributed by atoms with Gasteiger partial charge in [0.2, 0.25) is 0 Å². The molecule has 25 heavy (non-hydrogen) atoms. The third-order valence-corrected chi connectivity index (χ3v) is 5.21. The van der Waals surface area contributed by atoms with Crippen LogP contribution in [-0.2, 0) is 0 Å². The van der Waals surface area contributed by atoms with Gasteiger partial charge in [0.05, 0.1) is 11.4 Å². The maximum absolute atomic E-state index is 12.8. The molecule has 0 aliphatic carbocycles. The van der Waals surface area contributed by atoms with Crippen LogP contribution in [0.5, 0.6) is 0 Å². The molecular weight excluding hydrogens is 406 g/mol. The van der Waals surface area contributed by atoms with Gasteiger partial charge >= 0.3 is 0 Å². The number of rotatable bonds is 3. The molecule has 1 aliphatic rings. The standard InChI is InChI=1S/C17H22BrN5O.ClH/c1-11(19)13-6-8-22(9-7-13)17(24)16-12(2)23(21-20-16)15-5-3-4-14(18)10-15;/h3-5,10-11,13H,6-9,19H2,1-2H3;1H. The molecule has 1 aromatic carbocycles. The van der Waals surface area contributed by atoms with Gasteiger partial charge in [0.15, 0.2) is 5.69 Å². The van der Waals surface area contributed by atoms with Crippen molar-refractivity contribution in [1.29, 1.82) is 0 Å². The summed E-state index contributed by atoms with van der Waals surface area (Å²) in [6.07, 6.45) is 1.89. The lowest BCUT2D eigenvalue weighted by atomic mass is 9.91. The van der Waals surface area contributed by atoms with Crippen LogP contribution in [0, 0.1) is 12.8 Å². The van der Waals surface area contributed by atoms with Gasteiger partial charge in [0.1, 0.15) is 0 Å². The molecular formula is C17H23BrClN5O. The molecule has 8 heteroatoms. The largest absolute Gasteiger partial charge is 0.337 e. The molecule has 0 bridgehead atoms. The molecule has 2 heterocycles. The lowest BCUT2D eigenvalue weighted by molar-refractivity contribution is 0.0674. The zero-order chi connectivity index (χ0) is 17.3. The van der Waals surface area contributed by atoms with E-state index in [-0.39, 0.29) is 24.4 Å². The van der Waals surface area contributed by atoms with Gasteiger partial charge in [-0.3, -0.25) is 4.79 Å². The van der Waals surface area contributed by atoms with Crippen LogP contribution >= 0.6 is 28.3 Å². The van der Waals surface area contributed by atoms with Crippen LogP contribution in [0.25, 0.3) is 5.69 Å². The van der Waals surface area contributed by atoms with E-state index in [0.717, 1.165) is 41.8 Å². The number of carbonyl (C=O) groups excluding carboxylic acids is 1. The fourth-order valence-electron chi connectivity index (χ4n) is 3.16. The molecule has 1 aromatic heterocycles. The average molecular weight is 429 g/mol. The molecule has 6 nitrogen and oxygen atoms in total. The van der Waals surface area contributed by atoms with Crippen LogP contribution in [0.2, 0.25) is 0 Å². The number of carbonyl (C=O) groups is 1. The van der Waals surface area contributed by atoms with Gasteiger partial charge in [0.25, 0.3) is 5.91 Å². The molecule has 1 aliphatic heterocycles. The van der Waals surface area contributed by atoms with E-state index in [2.05, 4.69) is 26.2 Å². The summed E-state index contributed by atoms with van der Waals surface area (Å²) in [6.45, 7) is 5.38. The summed E-state index contributed by atoms with van der Waals surface area (Å²) in [5.74, 6) is 0.448. The number of halogens is 2. The SMILES string of the molecule is Cc1c(C(=O)N2CCC(C(C)N)CC2)nnn1-c1cccc(Br)c1.Cl. The van der Waals surface area contributed by atoms with E-state index in [1.807, 2.05) is 43.0 Å². The normalized spacial score (nSPS) is 16.4. The Kier molecular flexibility index (Phi) is 6.59. The van der Waals surface area contributed by atoms with Crippen molar-refractivity contribution >= 4 is 34.2 Å². The van der Waals surface area contributed by atoms with E-state index in [1.165, 1.54) is 0 Å². The summed E-state index contributed by atoms with van der Waals surface area (Å²) < 4.78 is 2.66. The molecule has 1 saturated heterocycles. The van der Waals surface area contributed by atoms with Gasteiger partial charge in [-0.15, -0.1) is 17.5 Å². The second kappa shape index (κ2) is 8.29. The fraction of sp³-hybridized carbons (Fsp3) is 0.471. The number of hydrogen-bond donors (Lipinski definition) is 1. The number of likely N-dealkylation sites (tertiary alicyclic amines) is 1. The fourth-order valence-corrected chi connectivity index (χ4v) is 3.55. The van der Waals surface area contributed by atoms with Crippen LogP contribution in [0.3, 0.4) is 0 Å². The minimum atomic E-state index is -0.0446. The van der Waals surface area contributed by atoms with Crippen molar-refractivity contribution in [3.63, 3.8) is 0 Å². The summed E-state index contributed by atoms with van der Waals surface area (Å²) in [7, 11) is 0. The van der Waals surface area contributed by atoms with Gasteiger partial charge in [-0.1, -0.05) is 27.2 Å². The predicted molar refractivity (Wildman–Crippen MR) is 103 cm³/mol. The Balaban J connectivity index is 0.00000225. The van der Waals surface area contributed by atoms with Gasteiger partial charge in [-0.05, 0) is 50.8 Å². The Morgan fingerprint density at radius 2 is 2.04 bits per heavy atom. The molecule has 2 N–H and O–H groups in total. The molecule has 0 spiro atoms. The van der Waals surface area contributed by atoms with Crippen molar-refractivity contribution in [2.24, 2.45) is 11.7 Å². The van der Waals surface area contributed by atoms with Gasteiger partial charge < -0.3 is 10.6 Å². The van der Waals surface area contributed by atoms with Crippen LogP contribution in [0.15, 0.2) is 28.7 Å². The summed E-state index contributed by atoms with van der Waals surface area (Å²) in [5.41, 5.74) is 8.03. The predicted octanol–water partition coefficient (Wildman–Crippen LogP) is 2.96. The first kappa shape index (κ1) is 19.9. The molecule has 1 fully saturated rings. The highest BCUT2D eigenvalue weighted by Crippen LogP contribution is 2.22. The number of piperidine rings is 1. The number of amides is 1. The van der Waals surface area contributed by atoms with Gasteiger partial charge in [0, 0.05) is 23.6 Å². The highest BCUT2D eigenvalue weighted by atomic mass is 79.9. The van der Waals surface area contributed by atoms with Crippen molar-refractivity contribution in [3.8, 4) is 5.69 Å². The number of hydrogen-bond acceptors (Lipinski definition) is 4. The highest BCUT2D eigenvalue weighted by molar-refractivity contribution is 9.10. The Hall–Kier alpha value is -1.44. The summed E-state index contributed by atoms with van der Waals surface area (Å²) in [6, 6.07) is 7.95. The Labute approximate surface area is 162 Å². The van der Waals surface area contributed by atoms with E-state index in [4.69, 9.17) is 5.73 Å². The van der Waals surface area contributed by atoms with Crippen LogP contribution in [0.1, 0.15) is 35.9 Å². The van der Waals surface area contributed by atoms with Crippen molar-refractivity contribution < 1.29 is 4.79 Å². The molecule has 0 saturated carbocycles. The van der Waals surface area contributed by atoms with Crippen molar-refractivity contribution in [2.45, 2.75) is 32.7 Å². The Bertz CT molecular complexity index is 740. The van der Waals surface area contributed by atoms with Crippen LogP contribution in [0.4, 0.5) is 0 Å². The average Bonchev–Trinajstić information content (AvgIpc) is 2.96. The van der Waals surface area contributed by atoms with Crippen molar-refractivity contribution in [2.75, 3.05) is 13.1 Å².